The van der Waals surface area contributed by atoms with E-state index in [1.165, 1.54) is 24.3 Å². The molecule has 2 aromatic carbocycles. The Morgan fingerprint density at radius 1 is 1.12 bits per heavy atom. The third-order valence-electron chi connectivity index (χ3n) is 5.41. The first-order chi connectivity index (χ1) is 15.1. The van der Waals surface area contributed by atoms with Crippen LogP contribution in [0.15, 0.2) is 36.4 Å². The van der Waals surface area contributed by atoms with Crippen LogP contribution < -0.4 is 10.6 Å². The predicted octanol–water partition coefficient (Wildman–Crippen LogP) is 4.07. The van der Waals surface area contributed by atoms with Gasteiger partial charge in [0.05, 0.1) is 11.1 Å². The average Bonchev–Trinajstić information content (AvgIpc) is 3.30. The standard InChI is InChI=1S/C22H18F5N3O2/c23-13-3-1-11(2-4-13)19-14(5-6-18(31)29-17-7-8-28-21(17)32)15-9-12(22(25,26)27)10-16(24)20(15)30-19/h1-4,9-10,17,30H,5-8H2,(H,28,32)(H,29,31). The lowest BCUT2D eigenvalue weighted by atomic mass is 9.99. The Kier molecular flexibility index (Phi) is 5.62. The summed E-state index contributed by atoms with van der Waals surface area (Å²) in [6.45, 7) is 0.445. The zero-order valence-corrected chi connectivity index (χ0v) is 16.6. The summed E-state index contributed by atoms with van der Waals surface area (Å²) in [6.07, 6.45) is -4.47. The summed E-state index contributed by atoms with van der Waals surface area (Å²) < 4.78 is 67.7. The number of aromatic amines is 1. The molecular formula is C22H18F5N3O2. The van der Waals surface area contributed by atoms with Crippen molar-refractivity contribution in [3.8, 4) is 11.3 Å². The summed E-state index contributed by atoms with van der Waals surface area (Å²) in [4.78, 5) is 26.8. The van der Waals surface area contributed by atoms with Gasteiger partial charge >= 0.3 is 6.18 Å². The second-order valence-corrected chi connectivity index (χ2v) is 7.56. The van der Waals surface area contributed by atoms with Crippen LogP contribution >= 0.6 is 0 Å². The monoisotopic (exact) mass is 451 g/mol. The largest absolute Gasteiger partial charge is 0.416 e. The summed E-state index contributed by atoms with van der Waals surface area (Å²) in [7, 11) is 0. The first kappa shape index (κ1) is 21.8. The normalized spacial score (nSPS) is 16.4. The lowest BCUT2D eigenvalue weighted by molar-refractivity contribution is -0.137. The molecule has 1 aliphatic heterocycles. The van der Waals surface area contributed by atoms with Crippen LogP contribution in [0.25, 0.3) is 22.2 Å². The van der Waals surface area contributed by atoms with Crippen LogP contribution in [0.5, 0.6) is 0 Å². The third-order valence-corrected chi connectivity index (χ3v) is 5.41. The number of halogens is 5. The highest BCUT2D eigenvalue weighted by atomic mass is 19.4. The molecule has 1 aromatic heterocycles. The Balaban J connectivity index is 1.72. The van der Waals surface area contributed by atoms with E-state index >= 15 is 0 Å². The van der Waals surface area contributed by atoms with E-state index in [4.69, 9.17) is 0 Å². The molecule has 0 bridgehead atoms. The van der Waals surface area contributed by atoms with E-state index < -0.39 is 35.3 Å². The summed E-state index contributed by atoms with van der Waals surface area (Å²) in [6, 6.07) is 5.75. The number of hydrogen-bond acceptors (Lipinski definition) is 2. The molecule has 1 aliphatic rings. The van der Waals surface area contributed by atoms with Crippen LogP contribution in [0.3, 0.4) is 0 Å². The van der Waals surface area contributed by atoms with Gasteiger partial charge in [0.1, 0.15) is 17.7 Å². The second-order valence-electron chi connectivity index (χ2n) is 7.56. The van der Waals surface area contributed by atoms with Crippen molar-refractivity contribution in [1.29, 1.82) is 0 Å². The molecule has 1 fully saturated rings. The number of nitrogens with one attached hydrogen (secondary N) is 3. The molecule has 1 unspecified atom stereocenters. The molecular weight excluding hydrogens is 433 g/mol. The van der Waals surface area contributed by atoms with Crippen LogP contribution in [0.1, 0.15) is 24.0 Å². The number of fused-ring (bicyclic) bond motifs is 1. The maximum absolute atomic E-state index is 14.5. The molecule has 3 aromatic rings. The molecule has 10 heteroatoms. The lowest BCUT2D eigenvalue weighted by Gasteiger charge is -2.11. The molecule has 0 radical (unpaired) electrons. The molecule has 2 amide bonds. The molecule has 0 spiro atoms. The molecule has 4 rings (SSSR count). The van der Waals surface area contributed by atoms with E-state index in [0.717, 1.165) is 6.07 Å². The molecule has 3 N–H and O–H groups in total. The summed E-state index contributed by atoms with van der Waals surface area (Å²) in [5, 5.41) is 5.17. The van der Waals surface area contributed by atoms with Gasteiger partial charge in [0, 0.05) is 24.0 Å². The van der Waals surface area contributed by atoms with Crippen molar-refractivity contribution in [2.45, 2.75) is 31.5 Å². The van der Waals surface area contributed by atoms with E-state index in [-0.39, 0.29) is 29.7 Å². The first-order valence-corrected chi connectivity index (χ1v) is 9.88. The van der Waals surface area contributed by atoms with Gasteiger partial charge in [0.25, 0.3) is 0 Å². The number of alkyl halides is 3. The highest BCUT2D eigenvalue weighted by Gasteiger charge is 2.33. The summed E-state index contributed by atoms with van der Waals surface area (Å²) in [5.74, 6) is -2.35. The average molecular weight is 451 g/mol. The maximum atomic E-state index is 14.5. The van der Waals surface area contributed by atoms with Crippen molar-refractivity contribution in [2.75, 3.05) is 6.54 Å². The highest BCUT2D eigenvalue weighted by molar-refractivity contribution is 5.93. The first-order valence-electron chi connectivity index (χ1n) is 9.88. The number of rotatable bonds is 5. The van der Waals surface area contributed by atoms with Gasteiger partial charge < -0.3 is 15.6 Å². The molecule has 0 aliphatic carbocycles. The Morgan fingerprint density at radius 3 is 2.47 bits per heavy atom. The van der Waals surface area contributed by atoms with Crippen molar-refractivity contribution in [3.05, 3.63) is 59.2 Å². The van der Waals surface area contributed by atoms with Gasteiger partial charge in [-0.1, -0.05) is 0 Å². The van der Waals surface area contributed by atoms with Crippen LogP contribution in [-0.2, 0) is 22.2 Å². The number of hydrogen-bond donors (Lipinski definition) is 3. The fourth-order valence-corrected chi connectivity index (χ4v) is 3.83. The van der Waals surface area contributed by atoms with Gasteiger partial charge in [0.15, 0.2) is 0 Å². The van der Waals surface area contributed by atoms with Gasteiger partial charge in [-0.15, -0.1) is 0 Å². The van der Waals surface area contributed by atoms with Crippen LogP contribution in [-0.4, -0.2) is 29.4 Å². The topological polar surface area (TPSA) is 74.0 Å². The van der Waals surface area contributed by atoms with Crippen molar-refractivity contribution in [1.82, 2.24) is 15.6 Å². The second kappa shape index (κ2) is 8.25. The zero-order chi connectivity index (χ0) is 23.0. The minimum atomic E-state index is -4.76. The number of aromatic nitrogens is 1. The Bertz CT molecular complexity index is 1180. The fourth-order valence-electron chi connectivity index (χ4n) is 3.83. The molecule has 5 nitrogen and oxygen atoms in total. The quantitative estimate of drug-likeness (QED) is 0.512. The Labute approximate surface area is 179 Å². The SMILES string of the molecule is O=C(CCc1c(-c2ccc(F)cc2)[nH]c2c(F)cc(C(F)(F)F)cc12)NC1CCNC1=O. The number of benzene rings is 2. The van der Waals surface area contributed by atoms with Gasteiger partial charge in [0.2, 0.25) is 11.8 Å². The van der Waals surface area contributed by atoms with Crippen molar-refractivity contribution in [3.63, 3.8) is 0 Å². The zero-order valence-electron chi connectivity index (χ0n) is 16.6. The van der Waals surface area contributed by atoms with Gasteiger partial charge in [-0.25, -0.2) is 8.78 Å². The van der Waals surface area contributed by atoms with Crippen molar-refractivity contribution < 1.29 is 31.5 Å². The Morgan fingerprint density at radius 2 is 1.84 bits per heavy atom. The Hall–Kier alpha value is -3.43. The molecule has 168 valence electrons. The molecule has 1 atom stereocenters. The molecule has 2 heterocycles. The van der Waals surface area contributed by atoms with Crippen LogP contribution in [0.2, 0.25) is 0 Å². The predicted molar refractivity (Wildman–Crippen MR) is 107 cm³/mol. The van der Waals surface area contributed by atoms with Gasteiger partial charge in [-0.05, 0) is 60.4 Å². The number of amides is 2. The minimum absolute atomic E-state index is 0.0111. The summed E-state index contributed by atoms with van der Waals surface area (Å²) >= 11 is 0. The maximum Gasteiger partial charge on any atom is 0.416 e. The van der Waals surface area contributed by atoms with E-state index in [0.29, 0.717) is 35.9 Å². The van der Waals surface area contributed by atoms with Crippen LogP contribution in [0.4, 0.5) is 22.0 Å². The minimum Gasteiger partial charge on any atom is -0.354 e. The number of carbonyl (C=O) groups is 2. The van der Waals surface area contributed by atoms with Crippen molar-refractivity contribution in [2.24, 2.45) is 0 Å². The molecule has 0 saturated carbocycles. The van der Waals surface area contributed by atoms with E-state index in [1.54, 1.807) is 0 Å². The number of aryl methyl sites for hydroxylation is 1. The van der Waals surface area contributed by atoms with E-state index in [1.807, 2.05) is 0 Å². The smallest absolute Gasteiger partial charge is 0.354 e. The third kappa shape index (κ3) is 4.30. The number of H-pyrrole nitrogens is 1. The van der Waals surface area contributed by atoms with E-state index in [9.17, 15) is 31.5 Å². The lowest BCUT2D eigenvalue weighted by Crippen LogP contribution is -2.40. The highest BCUT2D eigenvalue weighted by Crippen LogP contribution is 2.37. The van der Waals surface area contributed by atoms with Gasteiger partial charge in [-0.2, -0.15) is 13.2 Å². The van der Waals surface area contributed by atoms with E-state index in [2.05, 4.69) is 15.6 Å². The van der Waals surface area contributed by atoms with Crippen LogP contribution in [0, 0.1) is 11.6 Å². The summed E-state index contributed by atoms with van der Waals surface area (Å²) in [5.41, 5.74) is -0.267. The molecule has 1 saturated heterocycles. The number of carbonyl (C=O) groups excluding carboxylic acids is 2. The van der Waals surface area contributed by atoms with Crippen molar-refractivity contribution >= 4 is 22.7 Å². The molecule has 32 heavy (non-hydrogen) atoms. The fraction of sp³-hybridized carbons (Fsp3) is 0.273. The van der Waals surface area contributed by atoms with Gasteiger partial charge in [-0.3, -0.25) is 9.59 Å².